The van der Waals surface area contributed by atoms with Gasteiger partial charge in [-0.3, -0.25) is 0 Å². The fraction of sp³-hybridized carbons (Fsp3) is 0. The van der Waals surface area contributed by atoms with Crippen LogP contribution in [-0.4, -0.2) is 36.2 Å². The molecule has 0 aliphatic rings. The summed E-state index contributed by atoms with van der Waals surface area (Å²) in [4.78, 5) is 7.25. The van der Waals surface area contributed by atoms with E-state index in [1.54, 1.807) is 32.4 Å². The second kappa shape index (κ2) is 10.6. The predicted molar refractivity (Wildman–Crippen MR) is 82.0 cm³/mol. The van der Waals surface area contributed by atoms with Crippen LogP contribution in [-0.2, 0) is 14.5 Å². The molecule has 0 saturated carbocycles. The van der Waals surface area contributed by atoms with E-state index in [1.807, 2.05) is 36.8 Å². The molecule has 2 radical (unpaired) electrons. The monoisotopic (exact) mass is 498 g/mol. The Bertz CT molecular complexity index is 496. The van der Waals surface area contributed by atoms with Crippen LogP contribution in [0.5, 0.6) is 0 Å². The minimum atomic E-state index is -0.194. The molecule has 0 saturated heterocycles. The van der Waals surface area contributed by atoms with E-state index in [0.717, 1.165) is 0 Å². The van der Waals surface area contributed by atoms with Gasteiger partial charge in [0.2, 0.25) is 0 Å². The van der Waals surface area contributed by atoms with Crippen LogP contribution in [0.25, 0.3) is 0 Å². The van der Waals surface area contributed by atoms with Gasteiger partial charge in [0, 0.05) is 18.6 Å². The number of aromatic nitrogens is 6. The van der Waals surface area contributed by atoms with Crippen molar-refractivity contribution in [2.45, 2.75) is 0 Å². The topological polar surface area (TPSA) is 92.8 Å². The molecular formula is C9H9BBr2MoN7O-. The number of nitroso groups, excluding NO2 is 1. The molecule has 0 unspecified atom stereocenters. The summed E-state index contributed by atoms with van der Waals surface area (Å²) in [5, 5.41) is 12.7. The van der Waals surface area contributed by atoms with Gasteiger partial charge in [0.05, 0.1) is 0 Å². The number of hydrogen-bond donors (Lipinski definition) is 0. The van der Waals surface area contributed by atoms with Crippen molar-refractivity contribution in [3.05, 3.63) is 60.3 Å². The summed E-state index contributed by atoms with van der Waals surface area (Å²) >= 11 is 6.48. The minimum Gasteiger partial charge on any atom is -0.425 e. The molecule has 0 aliphatic heterocycles. The van der Waals surface area contributed by atoms with Crippen molar-refractivity contribution in [1.82, 2.24) is 34.7 Å². The first-order valence-electron chi connectivity index (χ1n) is 5.41. The summed E-state index contributed by atoms with van der Waals surface area (Å²) in [6.07, 6.45) is 10.9. The summed E-state index contributed by atoms with van der Waals surface area (Å²) in [6.45, 7) is 0. The summed E-state index contributed by atoms with van der Waals surface area (Å²) in [5.74, 6) is 0. The van der Waals surface area contributed by atoms with Gasteiger partial charge in [-0.05, 0) is 36.8 Å². The van der Waals surface area contributed by atoms with Crippen molar-refractivity contribution < 1.29 is 14.5 Å². The third kappa shape index (κ3) is 5.33. The molecule has 0 atom stereocenters. The zero-order chi connectivity index (χ0) is 15.5. The van der Waals surface area contributed by atoms with Crippen LogP contribution >= 0.6 is 26.6 Å². The molecule has 0 spiro atoms. The largest absolute Gasteiger partial charge is 0.425 e. The summed E-state index contributed by atoms with van der Waals surface area (Å²) in [7, 11) is -0.194. The van der Waals surface area contributed by atoms with Crippen LogP contribution in [0.3, 0.4) is 0 Å². The Morgan fingerprint density at radius 1 is 0.810 bits per heavy atom. The zero-order valence-corrected chi connectivity index (χ0v) is 15.7. The van der Waals surface area contributed by atoms with Gasteiger partial charge in [-0.25, -0.2) is 15.3 Å². The van der Waals surface area contributed by atoms with Gasteiger partial charge in [-0.1, -0.05) is 0 Å². The van der Waals surface area contributed by atoms with Gasteiger partial charge in [0.1, 0.15) is 5.59 Å². The Hall–Kier alpha value is -1.06. The normalized spacial score (nSPS) is 9.48. The Balaban J connectivity index is 0.000000395. The van der Waals surface area contributed by atoms with Crippen LogP contribution < -0.4 is 5.59 Å². The SMILES string of the molecule is [Br][Mo][Br].[N]=O.c1cnn([B-](n2cccn2)n2cccn2)c1. The smallest absolute Gasteiger partial charge is 0.260 e. The van der Waals surface area contributed by atoms with E-state index in [4.69, 9.17) is 10.5 Å². The molecule has 3 heterocycles. The van der Waals surface area contributed by atoms with E-state index >= 15 is 0 Å². The molecule has 3 rings (SSSR count). The molecule has 12 heteroatoms. The molecule has 8 nitrogen and oxygen atoms in total. The number of halogens is 2. The molecule has 0 aliphatic carbocycles. The van der Waals surface area contributed by atoms with E-state index in [0.29, 0.717) is 0 Å². The van der Waals surface area contributed by atoms with Gasteiger partial charge in [0.25, 0.3) is 7.12 Å². The van der Waals surface area contributed by atoms with E-state index in [9.17, 15) is 0 Å². The average Bonchev–Trinajstić information content (AvgIpc) is 3.27. The molecule has 110 valence electrons. The van der Waals surface area contributed by atoms with Gasteiger partial charge in [-0.2, -0.15) is 0 Å². The first-order valence-corrected chi connectivity index (χ1v) is 14.6. The summed E-state index contributed by atoms with van der Waals surface area (Å²) < 4.78 is 5.38. The van der Waals surface area contributed by atoms with Crippen LogP contribution in [0.2, 0.25) is 0 Å². The minimum absolute atomic E-state index is 0.0950. The predicted octanol–water partition coefficient (Wildman–Crippen LogP) is 1.45. The van der Waals surface area contributed by atoms with E-state index < -0.39 is 0 Å². The van der Waals surface area contributed by atoms with Crippen LogP contribution in [0.15, 0.2) is 55.4 Å². The van der Waals surface area contributed by atoms with Crippen molar-refractivity contribution in [3.8, 4) is 0 Å². The standard InChI is InChI=1S/C9H9BN6.2BrH.Mo.NO/c1-4-11-14(7-1)10(15-8-2-5-12-15)16-9-3-6-13-16;;;;1-2/h1-9H;2*1H;;/q-1;;;+2;/p-2. The molecule has 21 heavy (non-hydrogen) atoms. The Labute approximate surface area is 142 Å². The van der Waals surface area contributed by atoms with Crippen molar-refractivity contribution in [1.29, 1.82) is 0 Å². The second-order valence-corrected chi connectivity index (χ2v) is 12.6. The molecule has 3 aromatic heterocycles. The fourth-order valence-electron chi connectivity index (χ4n) is 1.62. The molecule has 0 aromatic carbocycles. The zero-order valence-electron chi connectivity index (χ0n) is 10.5. The maximum Gasteiger partial charge on any atom is 0.260 e. The van der Waals surface area contributed by atoms with E-state index in [2.05, 4.69) is 41.9 Å². The number of rotatable bonds is 3. The molecule has 0 bridgehead atoms. The Morgan fingerprint density at radius 3 is 1.29 bits per heavy atom. The Morgan fingerprint density at radius 2 is 1.10 bits per heavy atom. The van der Waals surface area contributed by atoms with E-state index in [-0.39, 0.29) is 21.6 Å². The Kier molecular flexibility index (Phi) is 9.12. The average molecular weight is 498 g/mol. The van der Waals surface area contributed by atoms with Crippen LogP contribution in [0.4, 0.5) is 0 Å². The quantitative estimate of drug-likeness (QED) is 0.512. The van der Waals surface area contributed by atoms with Crippen molar-refractivity contribution in [2.24, 2.45) is 0 Å². The molecule has 0 amide bonds. The van der Waals surface area contributed by atoms with E-state index in [1.165, 1.54) is 0 Å². The summed E-state index contributed by atoms with van der Waals surface area (Å²) in [6, 6.07) is 5.62. The second-order valence-electron chi connectivity index (χ2n) is 3.36. The van der Waals surface area contributed by atoms with Crippen LogP contribution in [0, 0.1) is 4.91 Å². The molecule has 0 fully saturated rings. The summed E-state index contributed by atoms with van der Waals surface area (Å²) in [5.41, 5.74) is 5.75. The maximum absolute atomic E-state index is 7.25. The van der Waals surface area contributed by atoms with Crippen molar-refractivity contribution in [3.63, 3.8) is 0 Å². The molecular weight excluding hydrogens is 489 g/mol. The third-order valence-corrected chi connectivity index (χ3v) is 2.28. The third-order valence-electron chi connectivity index (χ3n) is 2.28. The van der Waals surface area contributed by atoms with Gasteiger partial charge >= 0.3 is 41.0 Å². The van der Waals surface area contributed by atoms with Gasteiger partial charge in [-0.15, -0.1) is 4.91 Å². The van der Waals surface area contributed by atoms with Gasteiger partial charge < -0.3 is 13.8 Å². The van der Waals surface area contributed by atoms with Crippen molar-refractivity contribution in [2.75, 3.05) is 0 Å². The maximum atomic E-state index is 7.25. The number of nitrogens with zero attached hydrogens (tertiary/aromatic N) is 7. The fourth-order valence-corrected chi connectivity index (χ4v) is 1.62. The molecule has 3 aromatic rings. The van der Waals surface area contributed by atoms with Crippen LogP contribution in [0.1, 0.15) is 0 Å². The van der Waals surface area contributed by atoms with Crippen molar-refractivity contribution >= 4 is 33.7 Å². The number of hydrogen-bond acceptors (Lipinski definition) is 4. The first-order chi connectivity index (χ1) is 10.4. The first kappa shape index (κ1) is 18.0. The van der Waals surface area contributed by atoms with Gasteiger partial charge in [0.15, 0.2) is 0 Å². The molecule has 0 N–H and O–H groups in total.